The number of hydrogen-bond donors (Lipinski definition) is 1. The highest BCUT2D eigenvalue weighted by Crippen LogP contribution is 2.27. The van der Waals surface area contributed by atoms with Gasteiger partial charge in [0, 0.05) is 30.6 Å². The van der Waals surface area contributed by atoms with Gasteiger partial charge in [-0.05, 0) is 25.5 Å². The maximum absolute atomic E-state index is 12.7. The third kappa shape index (κ3) is 4.12. The lowest BCUT2D eigenvalue weighted by Crippen LogP contribution is -2.42. The van der Waals surface area contributed by atoms with Crippen LogP contribution in [0.3, 0.4) is 0 Å². The van der Waals surface area contributed by atoms with Crippen molar-refractivity contribution < 1.29 is 13.2 Å². The lowest BCUT2D eigenvalue weighted by molar-refractivity contribution is -0.145. The van der Waals surface area contributed by atoms with E-state index >= 15 is 0 Å². The lowest BCUT2D eigenvalue weighted by Gasteiger charge is -2.23. The number of amidine groups is 1. The minimum absolute atomic E-state index is 0.282. The van der Waals surface area contributed by atoms with Gasteiger partial charge < -0.3 is 5.32 Å². The molecular formula is C20H18F3N7. The van der Waals surface area contributed by atoms with Crippen LogP contribution in [0.2, 0.25) is 0 Å². The van der Waals surface area contributed by atoms with Gasteiger partial charge in [0.05, 0.1) is 23.8 Å². The highest BCUT2D eigenvalue weighted by atomic mass is 19.4. The summed E-state index contributed by atoms with van der Waals surface area (Å²) in [5.74, 6) is -0.680. The smallest absolute Gasteiger partial charge is 0.330 e. The molecule has 0 amide bonds. The second kappa shape index (κ2) is 7.77. The van der Waals surface area contributed by atoms with Gasteiger partial charge >= 0.3 is 6.18 Å². The summed E-state index contributed by atoms with van der Waals surface area (Å²) >= 11 is 0. The Labute approximate surface area is 170 Å². The van der Waals surface area contributed by atoms with Gasteiger partial charge in [0.2, 0.25) is 5.82 Å². The van der Waals surface area contributed by atoms with Crippen LogP contribution in [-0.4, -0.2) is 40.1 Å². The maximum Gasteiger partial charge on any atom is 0.451 e. The zero-order valence-electron chi connectivity index (χ0n) is 16.2. The molecule has 10 heteroatoms. The Morgan fingerprint density at radius 3 is 2.67 bits per heavy atom. The van der Waals surface area contributed by atoms with Crippen LogP contribution in [0.25, 0.3) is 0 Å². The van der Waals surface area contributed by atoms with Crippen molar-refractivity contribution in [1.82, 2.24) is 15.3 Å². The average Bonchev–Trinajstić information content (AvgIpc) is 2.74. The molecule has 3 aliphatic heterocycles. The third-order valence-electron chi connectivity index (χ3n) is 4.70. The zero-order chi connectivity index (χ0) is 21.3. The first-order valence-corrected chi connectivity index (χ1v) is 9.27. The fourth-order valence-electron chi connectivity index (χ4n) is 3.02. The lowest BCUT2D eigenvalue weighted by atomic mass is 10.0. The third-order valence-corrected chi connectivity index (χ3v) is 4.70. The Morgan fingerprint density at radius 1 is 1.23 bits per heavy atom. The molecule has 0 saturated heterocycles. The summed E-state index contributed by atoms with van der Waals surface area (Å²) in [6.45, 7) is 3.74. The molecule has 30 heavy (non-hydrogen) atoms. The van der Waals surface area contributed by atoms with Crippen molar-refractivity contribution in [3.05, 3.63) is 59.0 Å². The van der Waals surface area contributed by atoms with Crippen molar-refractivity contribution in [1.29, 1.82) is 0 Å². The Morgan fingerprint density at radius 2 is 2.00 bits per heavy atom. The quantitative estimate of drug-likeness (QED) is 0.804. The molecule has 2 atom stereocenters. The van der Waals surface area contributed by atoms with E-state index < -0.39 is 18.0 Å². The van der Waals surface area contributed by atoms with Crippen molar-refractivity contribution in [3.8, 4) is 0 Å². The number of dihydropyridines is 2. The van der Waals surface area contributed by atoms with Crippen molar-refractivity contribution >= 4 is 24.1 Å². The predicted octanol–water partition coefficient (Wildman–Crippen LogP) is 3.60. The van der Waals surface area contributed by atoms with Crippen LogP contribution in [-0.2, 0) is 6.18 Å². The molecule has 3 aliphatic rings. The zero-order valence-corrected chi connectivity index (χ0v) is 16.2. The van der Waals surface area contributed by atoms with Crippen molar-refractivity contribution in [2.75, 3.05) is 0 Å². The number of nitrogens with one attached hydrogen (secondary N) is 1. The van der Waals surface area contributed by atoms with Gasteiger partial charge in [0.25, 0.3) is 0 Å². The number of hydrogen-bond acceptors (Lipinski definition) is 6. The molecule has 4 heterocycles. The number of aromatic nitrogens is 2. The summed E-state index contributed by atoms with van der Waals surface area (Å²) in [5, 5.41) is 2.99. The minimum Gasteiger partial charge on any atom is -0.330 e. The van der Waals surface area contributed by atoms with Crippen LogP contribution in [0, 0.1) is 0 Å². The molecule has 1 aromatic heterocycles. The van der Waals surface area contributed by atoms with Gasteiger partial charge in [-0.3, -0.25) is 15.0 Å². The first kappa shape index (κ1) is 19.9. The fourth-order valence-corrected chi connectivity index (χ4v) is 3.02. The topological polar surface area (TPSA) is 87.2 Å². The molecule has 0 spiro atoms. The first-order chi connectivity index (χ1) is 14.3. The standard InChI is InChI=1S/C20H18F3N7/c1-11-3-4-14(24-7-11)15-5-6-16-17(30-15)18(28-10-27-16)29-12(2)13-8-25-19(26-9-13)20(21,22)23/h3,5-10,12,16H,4H2,1-2H3,(H,27,28,29)/t12-,16?/m1/s1. The molecule has 0 aromatic carbocycles. The van der Waals surface area contributed by atoms with Crippen molar-refractivity contribution in [2.45, 2.75) is 38.5 Å². The molecular weight excluding hydrogens is 395 g/mol. The van der Waals surface area contributed by atoms with E-state index in [2.05, 4.69) is 36.3 Å². The summed E-state index contributed by atoms with van der Waals surface area (Å²) in [4.78, 5) is 24.9. The molecule has 1 N–H and O–H groups in total. The number of nitrogens with zero attached hydrogens (tertiary/aromatic N) is 6. The highest BCUT2D eigenvalue weighted by Gasteiger charge is 2.34. The van der Waals surface area contributed by atoms with Crippen LogP contribution >= 0.6 is 0 Å². The van der Waals surface area contributed by atoms with Crippen molar-refractivity contribution in [2.24, 2.45) is 20.0 Å². The van der Waals surface area contributed by atoms with E-state index in [1.165, 1.54) is 6.34 Å². The Kier molecular flexibility index (Phi) is 5.15. The molecule has 154 valence electrons. The van der Waals surface area contributed by atoms with Gasteiger partial charge in [-0.2, -0.15) is 13.2 Å². The van der Waals surface area contributed by atoms with E-state index in [1.54, 1.807) is 13.1 Å². The van der Waals surface area contributed by atoms with Gasteiger partial charge in [-0.25, -0.2) is 15.0 Å². The van der Waals surface area contributed by atoms with E-state index in [9.17, 15) is 13.2 Å². The molecule has 1 unspecified atom stereocenters. The van der Waals surface area contributed by atoms with Crippen LogP contribution in [0.15, 0.2) is 67.6 Å². The molecule has 0 fully saturated rings. The summed E-state index contributed by atoms with van der Waals surface area (Å²) in [5.41, 5.74) is 3.77. The summed E-state index contributed by atoms with van der Waals surface area (Å²) < 4.78 is 38.0. The monoisotopic (exact) mass is 413 g/mol. The van der Waals surface area contributed by atoms with E-state index in [4.69, 9.17) is 4.99 Å². The molecule has 7 nitrogen and oxygen atoms in total. The highest BCUT2D eigenvalue weighted by molar-refractivity contribution is 6.46. The van der Waals surface area contributed by atoms with Crippen LogP contribution < -0.4 is 5.32 Å². The fraction of sp³-hybridized carbons (Fsp3) is 0.300. The van der Waals surface area contributed by atoms with E-state index in [1.807, 2.05) is 19.1 Å². The van der Waals surface area contributed by atoms with Crippen LogP contribution in [0.5, 0.6) is 0 Å². The number of aliphatic imine (C=N–C) groups is 4. The number of fused-ring (bicyclic) bond motifs is 1. The molecule has 4 rings (SSSR count). The molecule has 0 bridgehead atoms. The Bertz CT molecular complexity index is 1060. The number of halogens is 3. The first-order valence-electron chi connectivity index (χ1n) is 9.27. The van der Waals surface area contributed by atoms with E-state index in [0.29, 0.717) is 23.5 Å². The normalized spacial score (nSPS) is 25.5. The van der Waals surface area contributed by atoms with Gasteiger partial charge in [0.15, 0.2) is 5.84 Å². The Balaban J connectivity index is 1.62. The number of allylic oxidation sites excluding steroid dienone is 3. The van der Waals surface area contributed by atoms with Crippen LogP contribution in [0.1, 0.15) is 37.7 Å². The van der Waals surface area contributed by atoms with Gasteiger partial charge in [-0.15, -0.1) is 0 Å². The Hall–Kier alpha value is -3.43. The maximum atomic E-state index is 12.7. The summed E-state index contributed by atoms with van der Waals surface area (Å²) in [6, 6.07) is -0.764. The minimum atomic E-state index is -4.58. The van der Waals surface area contributed by atoms with E-state index in [0.717, 1.165) is 29.4 Å². The average molecular weight is 413 g/mol. The molecule has 0 radical (unpaired) electrons. The molecule has 1 aromatic rings. The largest absolute Gasteiger partial charge is 0.451 e. The number of alkyl halides is 3. The molecule has 0 saturated carbocycles. The molecule has 0 aliphatic carbocycles. The summed E-state index contributed by atoms with van der Waals surface area (Å²) in [6.07, 6.45) is 7.61. The van der Waals surface area contributed by atoms with Gasteiger partial charge in [-0.1, -0.05) is 12.2 Å². The number of rotatable bonds is 2. The SMILES string of the molecule is CC1=CCC(=C2C=CC3N=CNC(=N[C@H](C)c4cnc(C(F)(F)F)nc4)C3=N2)N=C1. The van der Waals surface area contributed by atoms with E-state index in [-0.39, 0.29) is 6.04 Å². The second-order valence-electron chi connectivity index (χ2n) is 6.96. The van der Waals surface area contributed by atoms with Crippen LogP contribution in [0.4, 0.5) is 13.2 Å². The summed E-state index contributed by atoms with van der Waals surface area (Å²) in [7, 11) is 0. The van der Waals surface area contributed by atoms with Crippen molar-refractivity contribution in [3.63, 3.8) is 0 Å². The van der Waals surface area contributed by atoms with Gasteiger partial charge in [0.1, 0.15) is 11.8 Å². The predicted molar refractivity (Wildman–Crippen MR) is 109 cm³/mol. The second-order valence-corrected chi connectivity index (χ2v) is 6.96.